The first-order chi connectivity index (χ1) is 16.0. The Kier molecular flexibility index (Phi) is 7.18. The minimum absolute atomic E-state index is 0.205. The second-order valence-electron chi connectivity index (χ2n) is 8.91. The fraction of sp³-hybridized carbons (Fsp3) is 0.462. The lowest BCUT2D eigenvalue weighted by Gasteiger charge is -2.21. The Morgan fingerprint density at radius 2 is 1.73 bits per heavy atom. The summed E-state index contributed by atoms with van der Waals surface area (Å²) in [5.41, 5.74) is 3.22. The molecule has 2 aromatic carbocycles. The summed E-state index contributed by atoms with van der Waals surface area (Å²) in [5, 5.41) is 2.99. The second kappa shape index (κ2) is 10.3. The zero-order valence-electron chi connectivity index (χ0n) is 20.1. The van der Waals surface area contributed by atoms with Crippen LogP contribution in [0, 0.1) is 0 Å². The summed E-state index contributed by atoms with van der Waals surface area (Å²) in [6, 6.07) is 11.4. The van der Waals surface area contributed by atoms with Crippen LogP contribution in [0.15, 0.2) is 36.4 Å². The molecule has 0 unspecified atom stereocenters. The van der Waals surface area contributed by atoms with Crippen molar-refractivity contribution in [3.05, 3.63) is 47.8 Å². The van der Waals surface area contributed by atoms with E-state index >= 15 is 0 Å². The molecule has 1 saturated heterocycles. The predicted molar refractivity (Wildman–Crippen MR) is 131 cm³/mol. The molecular weight excluding hydrogens is 416 g/mol. The maximum atomic E-state index is 12.9. The Morgan fingerprint density at radius 1 is 1.00 bits per heavy atom. The molecule has 4 rings (SSSR count). The molecule has 0 radical (unpaired) electrons. The van der Waals surface area contributed by atoms with Crippen molar-refractivity contribution in [1.82, 2.24) is 14.5 Å². The highest BCUT2D eigenvalue weighted by molar-refractivity contribution is 6.05. The van der Waals surface area contributed by atoms with Gasteiger partial charge < -0.3 is 19.4 Å². The van der Waals surface area contributed by atoms with E-state index in [2.05, 4.69) is 34.7 Å². The summed E-state index contributed by atoms with van der Waals surface area (Å²) >= 11 is 0. The normalized spacial score (nSPS) is 14.9. The number of nitrogens with one attached hydrogen (secondary N) is 1. The van der Waals surface area contributed by atoms with Gasteiger partial charge in [-0.15, -0.1) is 0 Å². The van der Waals surface area contributed by atoms with E-state index in [-0.39, 0.29) is 5.91 Å². The number of methoxy groups -OCH3 is 2. The van der Waals surface area contributed by atoms with Crippen molar-refractivity contribution < 1.29 is 14.3 Å². The van der Waals surface area contributed by atoms with Crippen LogP contribution in [0.4, 0.5) is 5.69 Å². The number of imidazole rings is 1. The lowest BCUT2D eigenvalue weighted by molar-refractivity contribution is 0.102. The molecular formula is C26H34N4O3. The first kappa shape index (κ1) is 23.1. The molecule has 0 atom stereocenters. The van der Waals surface area contributed by atoms with Gasteiger partial charge >= 0.3 is 0 Å². The smallest absolute Gasteiger partial charge is 0.255 e. The van der Waals surface area contributed by atoms with Gasteiger partial charge in [0.1, 0.15) is 5.82 Å². The van der Waals surface area contributed by atoms with Gasteiger partial charge in [0.15, 0.2) is 11.5 Å². The van der Waals surface area contributed by atoms with Crippen molar-refractivity contribution in [1.29, 1.82) is 0 Å². The largest absolute Gasteiger partial charge is 0.493 e. The van der Waals surface area contributed by atoms with Crippen LogP contribution < -0.4 is 14.8 Å². The van der Waals surface area contributed by atoms with E-state index in [1.807, 2.05) is 12.1 Å². The number of rotatable bonds is 7. The highest BCUT2D eigenvalue weighted by atomic mass is 16.5. The van der Waals surface area contributed by atoms with Crippen LogP contribution in [0.1, 0.15) is 61.8 Å². The Balaban J connectivity index is 1.58. The molecule has 7 heteroatoms. The Morgan fingerprint density at radius 3 is 2.39 bits per heavy atom. The summed E-state index contributed by atoms with van der Waals surface area (Å²) in [6.07, 6.45) is 5.16. The predicted octanol–water partition coefficient (Wildman–Crippen LogP) is 5.26. The van der Waals surface area contributed by atoms with Gasteiger partial charge in [-0.05, 0) is 76.2 Å². The molecule has 1 aromatic heterocycles. The Bertz CT molecular complexity index is 1110. The molecule has 0 aliphatic carbocycles. The van der Waals surface area contributed by atoms with E-state index in [4.69, 9.17) is 14.5 Å². The minimum atomic E-state index is -0.205. The molecule has 0 spiro atoms. The van der Waals surface area contributed by atoms with Crippen LogP contribution in [0.2, 0.25) is 0 Å². The Labute approximate surface area is 195 Å². The number of amides is 1. The number of likely N-dealkylation sites (tertiary alicyclic amines) is 1. The number of benzene rings is 2. The molecule has 3 aromatic rings. The molecule has 1 aliphatic heterocycles. The van der Waals surface area contributed by atoms with Crippen molar-refractivity contribution in [2.24, 2.45) is 0 Å². The molecule has 7 nitrogen and oxygen atoms in total. The molecule has 1 fully saturated rings. The maximum absolute atomic E-state index is 12.9. The van der Waals surface area contributed by atoms with Gasteiger partial charge in [-0.25, -0.2) is 4.98 Å². The molecule has 1 amide bonds. The number of carbonyl (C=O) groups excluding carboxylic acids is 1. The van der Waals surface area contributed by atoms with Crippen molar-refractivity contribution in [2.75, 3.05) is 32.6 Å². The Hall–Kier alpha value is -3.06. The van der Waals surface area contributed by atoms with E-state index in [0.717, 1.165) is 42.2 Å². The summed E-state index contributed by atoms with van der Waals surface area (Å²) in [7, 11) is 3.13. The van der Waals surface area contributed by atoms with E-state index in [9.17, 15) is 4.79 Å². The molecule has 1 N–H and O–H groups in total. The van der Waals surface area contributed by atoms with E-state index in [0.29, 0.717) is 23.1 Å². The summed E-state index contributed by atoms with van der Waals surface area (Å²) in [5.74, 6) is 2.00. The minimum Gasteiger partial charge on any atom is -0.493 e. The maximum Gasteiger partial charge on any atom is 0.255 e. The molecule has 2 heterocycles. The summed E-state index contributed by atoms with van der Waals surface area (Å²) < 4.78 is 12.9. The van der Waals surface area contributed by atoms with Gasteiger partial charge in [0.05, 0.1) is 31.8 Å². The quantitative estimate of drug-likeness (QED) is 0.532. The number of aromatic nitrogens is 2. The van der Waals surface area contributed by atoms with Crippen molar-refractivity contribution in [3.63, 3.8) is 0 Å². The number of nitrogens with zero attached hydrogens (tertiary/aromatic N) is 3. The van der Waals surface area contributed by atoms with Crippen LogP contribution >= 0.6 is 0 Å². The SMILES string of the molecule is COc1ccc(C(=O)Nc2ccc3c(c2)nc(CN2CCCCCC2)n3C(C)C)cc1OC. The fourth-order valence-electron chi connectivity index (χ4n) is 4.59. The standard InChI is InChI=1S/C26H34N4O3/c1-18(2)30-22-11-10-20(27-26(31)19-9-12-23(32-3)24(15-19)33-4)16-21(22)28-25(30)17-29-13-7-5-6-8-14-29/h9-12,15-16,18H,5-8,13-14,17H2,1-4H3,(H,27,31). The third kappa shape index (κ3) is 5.14. The number of carbonyl (C=O) groups is 1. The van der Waals surface area contributed by atoms with Crippen LogP contribution in [0.25, 0.3) is 11.0 Å². The number of hydrogen-bond donors (Lipinski definition) is 1. The number of anilines is 1. The molecule has 1 aliphatic rings. The van der Waals surface area contributed by atoms with Crippen LogP contribution in [0.3, 0.4) is 0 Å². The topological polar surface area (TPSA) is 68.6 Å². The zero-order chi connectivity index (χ0) is 23.4. The van der Waals surface area contributed by atoms with Gasteiger partial charge in [0.2, 0.25) is 0 Å². The average Bonchev–Trinajstić information content (AvgIpc) is 2.97. The highest BCUT2D eigenvalue weighted by Crippen LogP contribution is 2.29. The van der Waals surface area contributed by atoms with E-state index in [1.165, 1.54) is 25.7 Å². The molecule has 176 valence electrons. The van der Waals surface area contributed by atoms with E-state index in [1.54, 1.807) is 32.4 Å². The third-order valence-corrected chi connectivity index (χ3v) is 6.25. The third-order valence-electron chi connectivity index (χ3n) is 6.25. The first-order valence-corrected chi connectivity index (χ1v) is 11.8. The van der Waals surface area contributed by atoms with Gasteiger partial charge in [0, 0.05) is 17.3 Å². The fourth-order valence-corrected chi connectivity index (χ4v) is 4.59. The van der Waals surface area contributed by atoms with E-state index < -0.39 is 0 Å². The second-order valence-corrected chi connectivity index (χ2v) is 8.91. The lowest BCUT2D eigenvalue weighted by Crippen LogP contribution is -2.26. The molecule has 0 saturated carbocycles. The van der Waals surface area contributed by atoms with Crippen LogP contribution in [-0.4, -0.2) is 47.7 Å². The van der Waals surface area contributed by atoms with Gasteiger partial charge in [-0.1, -0.05) is 12.8 Å². The van der Waals surface area contributed by atoms with Crippen LogP contribution in [0.5, 0.6) is 11.5 Å². The van der Waals surface area contributed by atoms with Gasteiger partial charge in [0.25, 0.3) is 5.91 Å². The van der Waals surface area contributed by atoms with Gasteiger partial charge in [-0.3, -0.25) is 9.69 Å². The molecule has 33 heavy (non-hydrogen) atoms. The van der Waals surface area contributed by atoms with Crippen molar-refractivity contribution in [2.45, 2.75) is 52.1 Å². The average molecular weight is 451 g/mol. The lowest BCUT2D eigenvalue weighted by atomic mass is 10.1. The summed E-state index contributed by atoms with van der Waals surface area (Å²) in [4.78, 5) is 20.4. The first-order valence-electron chi connectivity index (χ1n) is 11.8. The van der Waals surface area contributed by atoms with Gasteiger partial charge in [-0.2, -0.15) is 0 Å². The number of ether oxygens (including phenoxy) is 2. The number of hydrogen-bond acceptors (Lipinski definition) is 5. The monoisotopic (exact) mass is 450 g/mol. The highest BCUT2D eigenvalue weighted by Gasteiger charge is 2.18. The summed E-state index contributed by atoms with van der Waals surface area (Å²) in [6.45, 7) is 7.52. The van der Waals surface area contributed by atoms with Crippen LogP contribution in [-0.2, 0) is 6.54 Å². The zero-order valence-corrected chi connectivity index (χ0v) is 20.1. The van der Waals surface area contributed by atoms with Crippen molar-refractivity contribution in [3.8, 4) is 11.5 Å². The number of fused-ring (bicyclic) bond motifs is 1. The molecule has 0 bridgehead atoms. The van der Waals surface area contributed by atoms with Crippen molar-refractivity contribution >= 4 is 22.6 Å².